The van der Waals surface area contributed by atoms with Crippen LogP contribution in [-0.2, 0) is 6.54 Å². The van der Waals surface area contributed by atoms with Crippen molar-refractivity contribution in [3.05, 3.63) is 29.8 Å². The van der Waals surface area contributed by atoms with Crippen LogP contribution in [0.4, 0.5) is 4.48 Å². The molecule has 0 amide bonds. The smallest absolute Gasteiger partial charge is 0.115 e. The van der Waals surface area contributed by atoms with Gasteiger partial charge in [0.15, 0.2) is 0 Å². The number of phenolic OH excluding ortho intramolecular Hbond substituents is 1. The molecular formula is C7H8FNO. The van der Waals surface area contributed by atoms with Crippen molar-refractivity contribution < 1.29 is 9.59 Å². The molecule has 0 radical (unpaired) electrons. The molecule has 0 spiro atoms. The van der Waals surface area contributed by atoms with E-state index >= 15 is 0 Å². The van der Waals surface area contributed by atoms with E-state index in [4.69, 9.17) is 5.11 Å². The minimum atomic E-state index is 0.181. The molecule has 2 N–H and O–H groups in total. The van der Waals surface area contributed by atoms with Gasteiger partial charge in [-0.3, -0.25) is 0 Å². The van der Waals surface area contributed by atoms with E-state index in [-0.39, 0.29) is 12.3 Å². The number of aromatic hydroxyl groups is 1. The number of hydrogen-bond donors (Lipinski definition) is 2. The van der Waals surface area contributed by atoms with Gasteiger partial charge in [0.1, 0.15) is 5.75 Å². The Bertz CT molecular complexity index is 197. The number of nitrogens with one attached hydrogen (secondary N) is 1. The zero-order chi connectivity index (χ0) is 7.40. The first-order chi connectivity index (χ1) is 4.83. The van der Waals surface area contributed by atoms with Crippen LogP contribution in [0.1, 0.15) is 5.56 Å². The Balaban J connectivity index is 2.69. The SMILES string of the molecule is Oc1ccc(CNF)cc1. The summed E-state index contributed by atoms with van der Waals surface area (Å²) in [5.41, 5.74) is 2.33. The molecule has 0 heterocycles. The largest absolute Gasteiger partial charge is 0.508 e. The summed E-state index contributed by atoms with van der Waals surface area (Å²) in [6.07, 6.45) is 0. The number of benzene rings is 1. The van der Waals surface area contributed by atoms with Gasteiger partial charge < -0.3 is 5.11 Å². The van der Waals surface area contributed by atoms with Crippen LogP contribution >= 0.6 is 0 Å². The van der Waals surface area contributed by atoms with E-state index in [9.17, 15) is 4.48 Å². The third-order valence-electron chi connectivity index (χ3n) is 1.21. The lowest BCUT2D eigenvalue weighted by Crippen LogP contribution is -1.98. The molecule has 0 aliphatic rings. The normalized spacial score (nSPS) is 9.70. The van der Waals surface area contributed by atoms with Gasteiger partial charge in [0, 0.05) is 0 Å². The lowest BCUT2D eigenvalue weighted by Gasteiger charge is -1.96. The minimum Gasteiger partial charge on any atom is -0.508 e. The van der Waals surface area contributed by atoms with Gasteiger partial charge in [0.05, 0.1) is 6.54 Å². The molecular weight excluding hydrogens is 133 g/mol. The number of hydrogen-bond acceptors (Lipinski definition) is 2. The predicted molar refractivity (Wildman–Crippen MR) is 36.1 cm³/mol. The lowest BCUT2D eigenvalue weighted by molar-refractivity contribution is 0.330. The van der Waals surface area contributed by atoms with E-state index in [0.29, 0.717) is 0 Å². The second kappa shape index (κ2) is 3.17. The van der Waals surface area contributed by atoms with Crippen molar-refractivity contribution >= 4 is 0 Å². The fourth-order valence-corrected chi connectivity index (χ4v) is 0.691. The number of rotatable bonds is 2. The van der Waals surface area contributed by atoms with Gasteiger partial charge in [-0.05, 0) is 17.7 Å². The Morgan fingerprint density at radius 2 is 1.90 bits per heavy atom. The van der Waals surface area contributed by atoms with Gasteiger partial charge in [-0.2, -0.15) is 5.54 Å². The molecule has 0 aliphatic heterocycles. The van der Waals surface area contributed by atoms with Crippen molar-refractivity contribution in [2.75, 3.05) is 0 Å². The summed E-state index contributed by atoms with van der Waals surface area (Å²) in [6, 6.07) is 6.35. The highest BCUT2D eigenvalue weighted by molar-refractivity contribution is 5.25. The van der Waals surface area contributed by atoms with Crippen molar-refractivity contribution in [3.63, 3.8) is 0 Å². The van der Waals surface area contributed by atoms with E-state index in [1.54, 1.807) is 12.1 Å². The van der Waals surface area contributed by atoms with E-state index in [1.807, 2.05) is 0 Å². The molecule has 3 heteroatoms. The Labute approximate surface area is 58.2 Å². The molecule has 0 aliphatic carbocycles. The second-order valence-electron chi connectivity index (χ2n) is 1.98. The van der Waals surface area contributed by atoms with E-state index in [2.05, 4.69) is 0 Å². The third kappa shape index (κ3) is 1.70. The molecule has 0 bridgehead atoms. The Hall–Kier alpha value is -1.09. The Kier molecular flexibility index (Phi) is 2.23. The fourth-order valence-electron chi connectivity index (χ4n) is 0.691. The molecule has 0 aromatic heterocycles. The Morgan fingerprint density at radius 1 is 1.30 bits per heavy atom. The highest BCUT2D eigenvalue weighted by Crippen LogP contribution is 2.08. The third-order valence-corrected chi connectivity index (χ3v) is 1.21. The summed E-state index contributed by atoms with van der Waals surface area (Å²) in [5, 5.41) is 8.81. The molecule has 1 rings (SSSR count). The Morgan fingerprint density at radius 3 is 2.40 bits per heavy atom. The maximum atomic E-state index is 11.5. The van der Waals surface area contributed by atoms with Gasteiger partial charge in [0.25, 0.3) is 0 Å². The number of halogens is 1. The van der Waals surface area contributed by atoms with Crippen LogP contribution in [-0.4, -0.2) is 5.11 Å². The van der Waals surface area contributed by atoms with E-state index in [1.165, 1.54) is 17.7 Å². The zero-order valence-corrected chi connectivity index (χ0v) is 5.34. The highest BCUT2D eigenvalue weighted by atomic mass is 19.2. The van der Waals surface area contributed by atoms with Crippen molar-refractivity contribution in [1.82, 2.24) is 5.54 Å². The summed E-state index contributed by atoms with van der Waals surface area (Å²) in [4.78, 5) is 0. The van der Waals surface area contributed by atoms with E-state index in [0.717, 1.165) is 5.56 Å². The summed E-state index contributed by atoms with van der Waals surface area (Å²) in [7, 11) is 0. The molecule has 54 valence electrons. The van der Waals surface area contributed by atoms with Crippen LogP contribution in [0.5, 0.6) is 5.75 Å². The molecule has 0 saturated heterocycles. The van der Waals surface area contributed by atoms with Crippen molar-refractivity contribution in [2.45, 2.75) is 6.54 Å². The van der Waals surface area contributed by atoms with Crippen LogP contribution in [0.25, 0.3) is 0 Å². The summed E-state index contributed by atoms with van der Waals surface area (Å²) < 4.78 is 11.5. The molecule has 0 fully saturated rings. The molecule has 10 heavy (non-hydrogen) atoms. The molecule has 1 aromatic carbocycles. The van der Waals surface area contributed by atoms with Gasteiger partial charge in [-0.1, -0.05) is 12.1 Å². The minimum absolute atomic E-state index is 0.181. The molecule has 0 atom stereocenters. The first kappa shape index (κ1) is 7.02. The van der Waals surface area contributed by atoms with Gasteiger partial charge in [-0.15, -0.1) is 4.48 Å². The van der Waals surface area contributed by atoms with Gasteiger partial charge >= 0.3 is 0 Å². The zero-order valence-electron chi connectivity index (χ0n) is 5.34. The van der Waals surface area contributed by atoms with Crippen molar-refractivity contribution in [3.8, 4) is 5.75 Å². The molecule has 1 aromatic rings. The molecule has 0 saturated carbocycles. The van der Waals surface area contributed by atoms with Crippen LogP contribution in [0, 0.1) is 0 Å². The van der Waals surface area contributed by atoms with Gasteiger partial charge in [0.2, 0.25) is 0 Å². The topological polar surface area (TPSA) is 32.3 Å². The maximum absolute atomic E-state index is 11.5. The summed E-state index contributed by atoms with van der Waals surface area (Å²) >= 11 is 0. The first-order valence-corrected chi connectivity index (χ1v) is 2.94. The van der Waals surface area contributed by atoms with Crippen LogP contribution < -0.4 is 5.54 Å². The number of phenols is 1. The van der Waals surface area contributed by atoms with Crippen LogP contribution in [0.15, 0.2) is 24.3 Å². The highest BCUT2D eigenvalue weighted by Gasteiger charge is 1.90. The lowest BCUT2D eigenvalue weighted by atomic mass is 10.2. The van der Waals surface area contributed by atoms with Gasteiger partial charge in [-0.25, -0.2) is 0 Å². The standard InChI is InChI=1S/C7H8FNO/c8-9-5-6-1-3-7(10)4-2-6/h1-4,9-10H,5H2. The average molecular weight is 141 g/mol. The van der Waals surface area contributed by atoms with Crippen molar-refractivity contribution in [2.24, 2.45) is 0 Å². The second-order valence-corrected chi connectivity index (χ2v) is 1.98. The van der Waals surface area contributed by atoms with Crippen LogP contribution in [0.2, 0.25) is 0 Å². The van der Waals surface area contributed by atoms with Crippen molar-refractivity contribution in [1.29, 1.82) is 0 Å². The monoisotopic (exact) mass is 141 g/mol. The maximum Gasteiger partial charge on any atom is 0.115 e. The fraction of sp³-hybridized carbons (Fsp3) is 0.143. The summed E-state index contributed by atoms with van der Waals surface area (Å²) in [6.45, 7) is 0.181. The predicted octanol–water partition coefficient (Wildman–Crippen LogP) is 1.37. The van der Waals surface area contributed by atoms with Crippen LogP contribution in [0.3, 0.4) is 0 Å². The molecule has 0 unspecified atom stereocenters. The average Bonchev–Trinajstić information content (AvgIpc) is 1.95. The molecule has 2 nitrogen and oxygen atoms in total. The summed E-state index contributed by atoms with van der Waals surface area (Å²) in [5.74, 6) is 0.197. The first-order valence-electron chi connectivity index (χ1n) is 2.94. The quantitative estimate of drug-likeness (QED) is 0.609. The van der Waals surface area contributed by atoms with E-state index < -0.39 is 0 Å².